The van der Waals surface area contributed by atoms with Gasteiger partial charge in [-0.25, -0.2) is 4.39 Å². The highest BCUT2D eigenvalue weighted by Crippen LogP contribution is 2.15. The second kappa shape index (κ2) is 2.65. The summed E-state index contributed by atoms with van der Waals surface area (Å²) in [4.78, 5) is 2.17. The summed E-state index contributed by atoms with van der Waals surface area (Å²) in [5.74, 6) is 0. The lowest BCUT2D eigenvalue weighted by molar-refractivity contribution is 0.0324. The smallest absolute Gasteiger partial charge is 0.125 e. The van der Waals surface area contributed by atoms with Crippen LogP contribution >= 0.6 is 0 Å². The van der Waals surface area contributed by atoms with Crippen molar-refractivity contribution in [1.29, 1.82) is 0 Å². The first-order chi connectivity index (χ1) is 4.24. The molecule has 1 heterocycles. The molecule has 1 saturated heterocycles. The largest absolute Gasteiger partial charge is 0.295 e. The molecule has 1 fully saturated rings. The third-order valence-corrected chi connectivity index (χ3v) is 2.08. The minimum atomic E-state index is -0.543. The van der Waals surface area contributed by atoms with E-state index in [4.69, 9.17) is 0 Å². The van der Waals surface area contributed by atoms with Gasteiger partial charge >= 0.3 is 0 Å². The maximum atomic E-state index is 12.2. The first-order valence-corrected chi connectivity index (χ1v) is 3.62. The van der Waals surface area contributed by atoms with Crippen LogP contribution in [0.5, 0.6) is 0 Å². The molecule has 0 saturated carbocycles. The van der Waals surface area contributed by atoms with Gasteiger partial charge in [0.15, 0.2) is 0 Å². The minimum absolute atomic E-state index is 0.543. The van der Waals surface area contributed by atoms with Crippen molar-refractivity contribution in [3.8, 4) is 0 Å². The van der Waals surface area contributed by atoms with E-state index in [0.29, 0.717) is 19.1 Å². The zero-order chi connectivity index (χ0) is 6.85. The molecule has 0 aromatic heterocycles. The van der Waals surface area contributed by atoms with Crippen LogP contribution in [0, 0.1) is 0 Å². The lowest BCUT2D eigenvalue weighted by Crippen LogP contribution is -2.52. The molecule has 0 N–H and O–H groups in total. The van der Waals surface area contributed by atoms with E-state index in [9.17, 15) is 4.39 Å². The Morgan fingerprint density at radius 3 is 2.56 bits per heavy atom. The van der Waals surface area contributed by atoms with Gasteiger partial charge in [0.05, 0.1) is 0 Å². The van der Waals surface area contributed by atoms with Crippen molar-refractivity contribution in [3.63, 3.8) is 0 Å². The molecule has 1 nitrogen and oxygen atoms in total. The Labute approximate surface area is 55.8 Å². The Balaban J connectivity index is 2.15. The summed E-state index contributed by atoms with van der Waals surface area (Å²) < 4.78 is 12.2. The van der Waals surface area contributed by atoms with Crippen molar-refractivity contribution in [2.75, 3.05) is 13.1 Å². The number of hydrogen-bond donors (Lipinski definition) is 0. The fourth-order valence-corrected chi connectivity index (χ4v) is 1.07. The van der Waals surface area contributed by atoms with Crippen LogP contribution in [0.4, 0.5) is 4.39 Å². The molecule has 54 valence electrons. The van der Waals surface area contributed by atoms with Gasteiger partial charge in [0.25, 0.3) is 0 Å². The van der Waals surface area contributed by atoms with Crippen molar-refractivity contribution >= 4 is 0 Å². The minimum Gasteiger partial charge on any atom is -0.295 e. The number of likely N-dealkylation sites (tertiary alicyclic amines) is 1. The van der Waals surface area contributed by atoms with E-state index in [1.165, 1.54) is 0 Å². The molecule has 0 bridgehead atoms. The van der Waals surface area contributed by atoms with Gasteiger partial charge in [-0.15, -0.1) is 0 Å². The number of alkyl halides is 1. The first-order valence-electron chi connectivity index (χ1n) is 3.62. The van der Waals surface area contributed by atoms with Crippen LogP contribution < -0.4 is 0 Å². The van der Waals surface area contributed by atoms with E-state index in [-0.39, 0.29) is 0 Å². The van der Waals surface area contributed by atoms with E-state index in [0.717, 1.165) is 6.42 Å². The zero-order valence-electron chi connectivity index (χ0n) is 6.10. The van der Waals surface area contributed by atoms with Crippen molar-refractivity contribution < 1.29 is 4.39 Å². The van der Waals surface area contributed by atoms with Gasteiger partial charge in [0.2, 0.25) is 0 Å². The molecule has 0 amide bonds. The van der Waals surface area contributed by atoms with Crippen LogP contribution in [0.2, 0.25) is 0 Å². The molecule has 2 heteroatoms. The normalized spacial score (nSPS) is 25.7. The maximum absolute atomic E-state index is 12.2. The van der Waals surface area contributed by atoms with Gasteiger partial charge < -0.3 is 0 Å². The second-order valence-electron chi connectivity index (χ2n) is 2.81. The Bertz CT molecular complexity index is 88.9. The standard InChI is InChI=1S/C7H14FN/c1-3-6(2)9-4-7(8)5-9/h6-7H,3-5H2,1-2H3/t6-/m1/s1. The molecule has 1 aliphatic heterocycles. The SMILES string of the molecule is CC[C@@H](C)N1CC(F)C1. The Hall–Kier alpha value is -0.110. The average molecular weight is 131 g/mol. The number of rotatable bonds is 2. The first kappa shape index (κ1) is 7.00. The summed E-state index contributed by atoms with van der Waals surface area (Å²) in [5.41, 5.74) is 0. The van der Waals surface area contributed by atoms with Gasteiger partial charge in [0, 0.05) is 19.1 Å². The summed E-state index contributed by atoms with van der Waals surface area (Å²) in [6, 6.07) is 0.581. The number of halogens is 1. The lowest BCUT2D eigenvalue weighted by Gasteiger charge is -2.38. The molecule has 0 aliphatic carbocycles. The maximum Gasteiger partial charge on any atom is 0.125 e. The van der Waals surface area contributed by atoms with Crippen LogP contribution in [0.15, 0.2) is 0 Å². The van der Waals surface area contributed by atoms with E-state index >= 15 is 0 Å². The number of nitrogens with zero attached hydrogens (tertiary/aromatic N) is 1. The molecular weight excluding hydrogens is 117 g/mol. The molecule has 1 atom stereocenters. The molecule has 0 spiro atoms. The van der Waals surface area contributed by atoms with E-state index < -0.39 is 6.17 Å². The quantitative estimate of drug-likeness (QED) is 0.548. The highest BCUT2D eigenvalue weighted by atomic mass is 19.1. The number of hydrogen-bond acceptors (Lipinski definition) is 1. The third-order valence-electron chi connectivity index (χ3n) is 2.08. The van der Waals surface area contributed by atoms with E-state index in [1.807, 2.05) is 0 Å². The molecule has 1 rings (SSSR count). The predicted molar refractivity (Wildman–Crippen MR) is 36.2 cm³/mol. The van der Waals surface area contributed by atoms with Crippen molar-refractivity contribution in [2.45, 2.75) is 32.5 Å². The average Bonchev–Trinajstić information content (AvgIpc) is 1.79. The van der Waals surface area contributed by atoms with Crippen molar-refractivity contribution in [3.05, 3.63) is 0 Å². The van der Waals surface area contributed by atoms with Crippen molar-refractivity contribution in [2.24, 2.45) is 0 Å². The third kappa shape index (κ3) is 1.42. The van der Waals surface area contributed by atoms with Gasteiger partial charge in [-0.1, -0.05) is 6.92 Å². The topological polar surface area (TPSA) is 3.24 Å². The summed E-state index contributed by atoms with van der Waals surface area (Å²) in [6.07, 6.45) is 0.589. The van der Waals surface area contributed by atoms with Gasteiger partial charge in [-0.05, 0) is 13.3 Å². The van der Waals surface area contributed by atoms with Crippen LogP contribution in [0.3, 0.4) is 0 Å². The van der Waals surface area contributed by atoms with Crippen molar-refractivity contribution in [1.82, 2.24) is 4.90 Å². The fraction of sp³-hybridized carbons (Fsp3) is 1.00. The summed E-state index contributed by atoms with van der Waals surface area (Å²) in [6.45, 7) is 5.60. The van der Waals surface area contributed by atoms with Gasteiger partial charge in [0.1, 0.15) is 6.17 Å². The fourth-order valence-electron chi connectivity index (χ4n) is 1.07. The van der Waals surface area contributed by atoms with Crippen LogP contribution in [-0.2, 0) is 0 Å². The van der Waals surface area contributed by atoms with Gasteiger partial charge in [-0.3, -0.25) is 4.90 Å². The van der Waals surface area contributed by atoms with E-state index in [2.05, 4.69) is 18.7 Å². The van der Waals surface area contributed by atoms with Crippen LogP contribution in [0.25, 0.3) is 0 Å². The molecular formula is C7H14FN. The predicted octanol–water partition coefficient (Wildman–Crippen LogP) is 1.44. The molecule has 0 unspecified atom stereocenters. The van der Waals surface area contributed by atoms with Gasteiger partial charge in [-0.2, -0.15) is 0 Å². The summed E-state index contributed by atoms with van der Waals surface area (Å²) in [7, 11) is 0. The monoisotopic (exact) mass is 131 g/mol. The highest BCUT2D eigenvalue weighted by molar-refractivity contribution is 4.82. The van der Waals surface area contributed by atoms with E-state index in [1.54, 1.807) is 0 Å². The molecule has 0 aromatic rings. The Morgan fingerprint density at radius 2 is 2.22 bits per heavy atom. The summed E-state index contributed by atoms with van der Waals surface area (Å²) in [5, 5.41) is 0. The molecule has 1 aliphatic rings. The molecule has 9 heavy (non-hydrogen) atoms. The highest BCUT2D eigenvalue weighted by Gasteiger charge is 2.28. The van der Waals surface area contributed by atoms with Crippen LogP contribution in [-0.4, -0.2) is 30.2 Å². The van der Waals surface area contributed by atoms with Crippen LogP contribution in [0.1, 0.15) is 20.3 Å². The molecule has 0 aromatic carbocycles. The Morgan fingerprint density at radius 1 is 1.67 bits per heavy atom. The second-order valence-corrected chi connectivity index (χ2v) is 2.81. The lowest BCUT2D eigenvalue weighted by atomic mass is 10.1. The zero-order valence-corrected chi connectivity index (χ0v) is 6.10. The molecule has 0 radical (unpaired) electrons. The summed E-state index contributed by atoms with van der Waals surface area (Å²) >= 11 is 0. The Kier molecular flexibility index (Phi) is 2.06.